The summed E-state index contributed by atoms with van der Waals surface area (Å²) in [6.45, 7) is 2.07. The van der Waals surface area contributed by atoms with Gasteiger partial charge in [0.05, 0.1) is 0 Å². The topological polar surface area (TPSA) is 21.3 Å². The molecule has 0 saturated carbocycles. The monoisotopic (exact) mass is 261 g/mol. The van der Waals surface area contributed by atoms with Crippen molar-refractivity contribution in [2.24, 2.45) is 0 Å². The predicted octanol–water partition coefficient (Wildman–Crippen LogP) is 4.41. The number of hydrogen-bond donors (Lipinski definition) is 1. The molecule has 0 spiro atoms. The van der Waals surface area contributed by atoms with Gasteiger partial charge in [-0.2, -0.15) is 0 Å². The third-order valence-electron chi connectivity index (χ3n) is 2.85. The van der Waals surface area contributed by atoms with E-state index in [-0.39, 0.29) is 6.04 Å². The Kier molecular flexibility index (Phi) is 4.24. The first-order valence-corrected chi connectivity index (χ1v) is 6.28. The molecule has 0 aromatic heterocycles. The Labute approximate surface area is 113 Å². The fraction of sp³-hybridized carbons (Fsp3) is 0.200. The van der Waals surface area contributed by atoms with Crippen LogP contribution in [0.3, 0.4) is 0 Å². The summed E-state index contributed by atoms with van der Waals surface area (Å²) in [7, 11) is 1.91. The van der Waals surface area contributed by atoms with Gasteiger partial charge < -0.3 is 10.1 Å². The van der Waals surface area contributed by atoms with Gasteiger partial charge in [0.1, 0.15) is 11.5 Å². The smallest absolute Gasteiger partial charge is 0.128 e. The first-order valence-electron chi connectivity index (χ1n) is 5.90. The van der Waals surface area contributed by atoms with Crippen molar-refractivity contribution >= 4 is 11.6 Å². The van der Waals surface area contributed by atoms with E-state index in [9.17, 15) is 0 Å². The first kappa shape index (κ1) is 12.9. The molecule has 0 saturated heterocycles. The molecule has 2 rings (SSSR count). The maximum Gasteiger partial charge on any atom is 0.128 e. The van der Waals surface area contributed by atoms with Crippen molar-refractivity contribution in [3.63, 3.8) is 0 Å². The Balaban J connectivity index is 2.19. The van der Waals surface area contributed by atoms with Crippen molar-refractivity contribution in [1.29, 1.82) is 0 Å². The van der Waals surface area contributed by atoms with Crippen molar-refractivity contribution in [2.75, 3.05) is 7.05 Å². The molecule has 0 fully saturated rings. The zero-order valence-corrected chi connectivity index (χ0v) is 11.2. The molecule has 0 radical (unpaired) electrons. The van der Waals surface area contributed by atoms with Crippen LogP contribution in [0.4, 0.5) is 0 Å². The highest BCUT2D eigenvalue weighted by Gasteiger charge is 2.08. The number of ether oxygens (including phenoxy) is 1. The maximum atomic E-state index is 6.25. The van der Waals surface area contributed by atoms with Gasteiger partial charge in [-0.1, -0.05) is 35.9 Å². The summed E-state index contributed by atoms with van der Waals surface area (Å²) in [5.74, 6) is 1.56. The van der Waals surface area contributed by atoms with Crippen LogP contribution in [0.15, 0.2) is 48.5 Å². The Bertz CT molecular complexity index is 513. The van der Waals surface area contributed by atoms with Gasteiger partial charge in [-0.25, -0.2) is 0 Å². The first-order chi connectivity index (χ1) is 8.70. The number of benzene rings is 2. The van der Waals surface area contributed by atoms with Gasteiger partial charge in [0.25, 0.3) is 0 Å². The highest BCUT2D eigenvalue weighted by Crippen LogP contribution is 2.29. The van der Waals surface area contributed by atoms with Gasteiger partial charge in [0.2, 0.25) is 0 Å². The standard InChI is InChI=1S/C15H16ClNO/c1-11(17-2)14-9-8-13(10-15(14)16)18-12-6-4-3-5-7-12/h3-11,17H,1-2H3. The summed E-state index contributed by atoms with van der Waals surface area (Å²) in [6, 6.07) is 15.7. The summed E-state index contributed by atoms with van der Waals surface area (Å²) in [6.07, 6.45) is 0. The van der Waals surface area contributed by atoms with E-state index >= 15 is 0 Å². The fourth-order valence-electron chi connectivity index (χ4n) is 1.70. The molecule has 94 valence electrons. The largest absolute Gasteiger partial charge is 0.457 e. The molecule has 2 aromatic rings. The average Bonchev–Trinajstić information content (AvgIpc) is 2.39. The van der Waals surface area contributed by atoms with Crippen LogP contribution in [-0.4, -0.2) is 7.05 Å². The van der Waals surface area contributed by atoms with E-state index in [0.717, 1.165) is 17.1 Å². The minimum atomic E-state index is 0.225. The third kappa shape index (κ3) is 3.03. The van der Waals surface area contributed by atoms with Crippen LogP contribution >= 0.6 is 11.6 Å². The molecule has 0 aliphatic carbocycles. The Hall–Kier alpha value is -1.51. The lowest BCUT2D eigenvalue weighted by atomic mass is 10.1. The summed E-state index contributed by atoms with van der Waals surface area (Å²) in [4.78, 5) is 0. The van der Waals surface area contributed by atoms with E-state index in [1.54, 1.807) is 0 Å². The van der Waals surface area contributed by atoms with Crippen LogP contribution in [0.2, 0.25) is 5.02 Å². The molecule has 0 amide bonds. The molecule has 1 atom stereocenters. The van der Waals surface area contributed by atoms with Crippen LogP contribution in [0.25, 0.3) is 0 Å². The van der Waals surface area contributed by atoms with E-state index in [2.05, 4.69) is 12.2 Å². The molecule has 0 aliphatic rings. The van der Waals surface area contributed by atoms with Crippen LogP contribution in [0.5, 0.6) is 11.5 Å². The lowest BCUT2D eigenvalue weighted by molar-refractivity contribution is 0.482. The highest BCUT2D eigenvalue weighted by molar-refractivity contribution is 6.31. The van der Waals surface area contributed by atoms with Gasteiger partial charge in [0, 0.05) is 11.1 Å². The van der Waals surface area contributed by atoms with Crippen molar-refractivity contribution in [3.8, 4) is 11.5 Å². The minimum absolute atomic E-state index is 0.225. The normalized spacial score (nSPS) is 12.2. The summed E-state index contributed by atoms with van der Waals surface area (Å²) < 4.78 is 5.72. The van der Waals surface area contributed by atoms with Crippen LogP contribution in [0, 0.1) is 0 Å². The molecule has 2 nitrogen and oxygen atoms in total. The SMILES string of the molecule is CNC(C)c1ccc(Oc2ccccc2)cc1Cl. The molecule has 1 unspecified atom stereocenters. The van der Waals surface area contributed by atoms with Crippen LogP contribution in [-0.2, 0) is 0 Å². The van der Waals surface area contributed by atoms with Gasteiger partial charge >= 0.3 is 0 Å². The van der Waals surface area contributed by atoms with Crippen molar-refractivity contribution in [1.82, 2.24) is 5.32 Å². The lowest BCUT2D eigenvalue weighted by Gasteiger charge is -2.14. The van der Waals surface area contributed by atoms with Gasteiger partial charge in [-0.05, 0) is 43.8 Å². The highest BCUT2D eigenvalue weighted by atomic mass is 35.5. The molecule has 3 heteroatoms. The fourth-order valence-corrected chi connectivity index (χ4v) is 2.04. The Morgan fingerprint density at radius 3 is 2.39 bits per heavy atom. The Morgan fingerprint density at radius 2 is 1.78 bits per heavy atom. The van der Waals surface area contributed by atoms with Crippen LogP contribution in [0.1, 0.15) is 18.5 Å². The summed E-state index contributed by atoms with van der Waals surface area (Å²) in [5, 5.41) is 3.88. The van der Waals surface area contributed by atoms with E-state index in [4.69, 9.17) is 16.3 Å². The predicted molar refractivity (Wildman–Crippen MR) is 75.4 cm³/mol. The molecular formula is C15H16ClNO. The number of para-hydroxylation sites is 1. The van der Waals surface area contributed by atoms with Crippen molar-refractivity contribution in [2.45, 2.75) is 13.0 Å². The molecule has 1 N–H and O–H groups in total. The second kappa shape index (κ2) is 5.89. The van der Waals surface area contributed by atoms with Gasteiger partial charge in [-0.3, -0.25) is 0 Å². The molecule has 0 heterocycles. The third-order valence-corrected chi connectivity index (χ3v) is 3.18. The van der Waals surface area contributed by atoms with Crippen LogP contribution < -0.4 is 10.1 Å². The second-order valence-electron chi connectivity index (χ2n) is 4.11. The van der Waals surface area contributed by atoms with E-state index in [1.807, 2.05) is 55.6 Å². The number of hydrogen-bond acceptors (Lipinski definition) is 2. The van der Waals surface area contributed by atoms with E-state index in [1.165, 1.54) is 0 Å². The summed E-state index contributed by atoms with van der Waals surface area (Å²) in [5.41, 5.74) is 1.07. The van der Waals surface area contributed by atoms with Gasteiger partial charge in [-0.15, -0.1) is 0 Å². The summed E-state index contributed by atoms with van der Waals surface area (Å²) >= 11 is 6.25. The number of nitrogens with one attached hydrogen (secondary N) is 1. The zero-order chi connectivity index (χ0) is 13.0. The zero-order valence-electron chi connectivity index (χ0n) is 10.5. The minimum Gasteiger partial charge on any atom is -0.457 e. The lowest BCUT2D eigenvalue weighted by Crippen LogP contribution is -2.12. The second-order valence-corrected chi connectivity index (χ2v) is 4.52. The van der Waals surface area contributed by atoms with Gasteiger partial charge in [0.15, 0.2) is 0 Å². The maximum absolute atomic E-state index is 6.25. The Morgan fingerprint density at radius 1 is 1.06 bits per heavy atom. The molecule has 0 bridgehead atoms. The number of rotatable bonds is 4. The molecule has 2 aromatic carbocycles. The van der Waals surface area contributed by atoms with E-state index in [0.29, 0.717) is 5.02 Å². The van der Waals surface area contributed by atoms with Crippen molar-refractivity contribution < 1.29 is 4.74 Å². The van der Waals surface area contributed by atoms with E-state index < -0.39 is 0 Å². The molecule has 18 heavy (non-hydrogen) atoms. The number of halogens is 1. The average molecular weight is 262 g/mol. The molecule has 0 aliphatic heterocycles. The van der Waals surface area contributed by atoms with Crippen molar-refractivity contribution in [3.05, 3.63) is 59.1 Å². The molecular weight excluding hydrogens is 246 g/mol. The quantitative estimate of drug-likeness (QED) is 0.880.